The van der Waals surface area contributed by atoms with Gasteiger partial charge < -0.3 is 9.88 Å². The van der Waals surface area contributed by atoms with Crippen molar-refractivity contribution in [2.75, 3.05) is 6.54 Å². The van der Waals surface area contributed by atoms with Crippen molar-refractivity contribution in [1.82, 2.24) is 29.6 Å². The molecule has 5 rings (SSSR count). The highest BCUT2D eigenvalue weighted by Crippen LogP contribution is 2.38. The number of hydrogen-bond donors (Lipinski definition) is 1. The fraction of sp³-hybridized carbons (Fsp3) is 0.222. The van der Waals surface area contributed by atoms with Crippen molar-refractivity contribution in [3.05, 3.63) is 64.9 Å². The minimum absolute atomic E-state index is 0.153. The van der Waals surface area contributed by atoms with Gasteiger partial charge in [0, 0.05) is 24.9 Å². The van der Waals surface area contributed by atoms with Gasteiger partial charge in [-0.05, 0) is 18.2 Å². The molecule has 0 saturated carbocycles. The quantitative estimate of drug-likeness (QED) is 0.572. The van der Waals surface area contributed by atoms with Crippen LogP contribution >= 0.6 is 11.3 Å². The predicted molar refractivity (Wildman–Crippen MR) is 98.3 cm³/mol. The van der Waals surface area contributed by atoms with Crippen LogP contribution in [0.4, 0.5) is 8.78 Å². The summed E-state index contributed by atoms with van der Waals surface area (Å²) in [6, 6.07) is 8.46. The summed E-state index contributed by atoms with van der Waals surface area (Å²) in [5, 5.41) is 4.28. The van der Waals surface area contributed by atoms with Crippen LogP contribution in [0, 0.1) is 0 Å². The fourth-order valence-corrected chi connectivity index (χ4v) is 4.62. The molecule has 1 atom stereocenters. The van der Waals surface area contributed by atoms with Crippen molar-refractivity contribution in [2.45, 2.75) is 19.0 Å². The molecule has 7 nitrogen and oxygen atoms in total. The Hall–Kier alpha value is -3.14. The van der Waals surface area contributed by atoms with Crippen molar-refractivity contribution < 1.29 is 13.6 Å². The fourth-order valence-electron chi connectivity index (χ4n) is 3.54. The largest absolute Gasteiger partial charge is 0.348 e. The molecule has 0 bridgehead atoms. The van der Waals surface area contributed by atoms with Gasteiger partial charge in [-0.25, -0.2) is 9.97 Å². The number of amides is 1. The number of carbonyl (C=O) groups excluding carboxylic acids is 1. The van der Waals surface area contributed by atoms with Gasteiger partial charge in [0.25, 0.3) is 5.91 Å². The second-order valence-electron chi connectivity index (χ2n) is 6.38. The maximum absolute atomic E-state index is 13.2. The number of alkyl halides is 2. The number of carbonyl (C=O) groups is 1. The molecule has 3 aromatic heterocycles. The van der Waals surface area contributed by atoms with E-state index in [1.165, 1.54) is 23.6 Å². The van der Waals surface area contributed by atoms with Crippen LogP contribution < -0.4 is 0 Å². The number of para-hydroxylation sites is 1. The Morgan fingerprint density at radius 1 is 1.29 bits per heavy atom. The highest BCUT2D eigenvalue weighted by molar-refractivity contribution is 7.18. The van der Waals surface area contributed by atoms with Gasteiger partial charge in [0.05, 0.1) is 22.2 Å². The van der Waals surface area contributed by atoms with Crippen LogP contribution in [0.25, 0.3) is 10.2 Å². The summed E-state index contributed by atoms with van der Waals surface area (Å²) in [5.41, 5.74) is 2.30. The molecule has 1 amide bonds. The average molecular weight is 400 g/mol. The zero-order valence-electron chi connectivity index (χ0n) is 14.4. The Morgan fingerprint density at radius 2 is 2.14 bits per heavy atom. The van der Waals surface area contributed by atoms with Crippen LogP contribution in [0.3, 0.4) is 0 Å². The molecule has 0 saturated heterocycles. The van der Waals surface area contributed by atoms with Gasteiger partial charge in [-0.2, -0.15) is 18.6 Å². The van der Waals surface area contributed by atoms with E-state index in [4.69, 9.17) is 0 Å². The lowest BCUT2D eigenvalue weighted by molar-refractivity contribution is 0.0442. The summed E-state index contributed by atoms with van der Waals surface area (Å²) in [7, 11) is 0. The third-order valence-electron chi connectivity index (χ3n) is 4.80. The Morgan fingerprint density at radius 3 is 2.96 bits per heavy atom. The molecule has 1 N–H and O–H groups in total. The minimum atomic E-state index is -2.89. The first kappa shape index (κ1) is 17.0. The third kappa shape index (κ3) is 2.60. The van der Waals surface area contributed by atoms with Crippen LogP contribution in [0.5, 0.6) is 0 Å². The number of aromatic nitrogens is 5. The molecule has 28 heavy (non-hydrogen) atoms. The van der Waals surface area contributed by atoms with Crippen LogP contribution in [0.15, 0.2) is 42.9 Å². The molecular weight excluding hydrogens is 386 g/mol. The summed E-state index contributed by atoms with van der Waals surface area (Å²) >= 11 is 1.47. The van der Waals surface area contributed by atoms with Crippen molar-refractivity contribution in [1.29, 1.82) is 0 Å². The summed E-state index contributed by atoms with van der Waals surface area (Å²) < 4.78 is 27.9. The molecule has 1 aromatic carbocycles. The van der Waals surface area contributed by atoms with Crippen molar-refractivity contribution in [2.24, 2.45) is 0 Å². The Bertz CT molecular complexity index is 1130. The zero-order chi connectivity index (χ0) is 19.3. The lowest BCUT2D eigenvalue weighted by Gasteiger charge is -2.33. The van der Waals surface area contributed by atoms with E-state index < -0.39 is 18.5 Å². The number of H-pyrrole nitrogens is 1. The Balaban J connectivity index is 1.62. The van der Waals surface area contributed by atoms with Crippen molar-refractivity contribution in [3.8, 4) is 0 Å². The first-order valence-corrected chi connectivity index (χ1v) is 9.45. The Labute approximate surface area is 161 Å². The maximum atomic E-state index is 13.2. The predicted octanol–water partition coefficient (Wildman–Crippen LogP) is 3.40. The van der Waals surface area contributed by atoms with Gasteiger partial charge in [0.2, 0.25) is 0 Å². The van der Waals surface area contributed by atoms with Crippen LogP contribution in [-0.4, -0.2) is 42.1 Å². The summed E-state index contributed by atoms with van der Waals surface area (Å²) in [4.78, 5) is 26.9. The Kier molecular flexibility index (Phi) is 3.93. The average Bonchev–Trinajstić information content (AvgIpc) is 3.44. The van der Waals surface area contributed by atoms with Gasteiger partial charge in [0.1, 0.15) is 16.7 Å². The molecule has 4 aromatic rings. The van der Waals surface area contributed by atoms with E-state index in [0.717, 1.165) is 15.9 Å². The van der Waals surface area contributed by atoms with Crippen LogP contribution in [0.1, 0.15) is 39.5 Å². The SMILES string of the molecule is O=C(c1ccnn1C(F)F)N1CCc2[nH]cnc2[C@H]1c1nc2ccccc2s1. The lowest BCUT2D eigenvalue weighted by Crippen LogP contribution is -2.41. The van der Waals surface area contributed by atoms with Gasteiger partial charge in [-0.1, -0.05) is 12.1 Å². The van der Waals surface area contributed by atoms with E-state index >= 15 is 0 Å². The number of thiazole rings is 1. The summed E-state index contributed by atoms with van der Waals surface area (Å²) in [6.45, 7) is -2.52. The highest BCUT2D eigenvalue weighted by Gasteiger charge is 2.38. The number of imidazole rings is 1. The first-order valence-electron chi connectivity index (χ1n) is 8.63. The lowest BCUT2D eigenvalue weighted by atomic mass is 10.0. The zero-order valence-corrected chi connectivity index (χ0v) is 15.2. The van der Waals surface area contributed by atoms with Gasteiger partial charge >= 0.3 is 6.55 Å². The maximum Gasteiger partial charge on any atom is 0.333 e. The molecule has 10 heteroatoms. The number of benzene rings is 1. The normalized spacial score (nSPS) is 16.7. The van der Waals surface area contributed by atoms with E-state index in [1.54, 1.807) is 11.2 Å². The van der Waals surface area contributed by atoms with Gasteiger partial charge in [-0.15, -0.1) is 11.3 Å². The standard InChI is InChI=1S/C18H14F2N6OS/c19-18(20)26-12(5-7-23-26)17(27)25-8-6-11-14(22-9-21-11)15(25)16-24-10-3-1-2-4-13(10)28-16/h1-5,7,9,15,18H,6,8H2,(H,21,22)/t15-/m0/s1. The molecule has 0 radical (unpaired) electrons. The molecule has 0 aliphatic carbocycles. The molecule has 0 fully saturated rings. The highest BCUT2D eigenvalue weighted by atomic mass is 32.1. The van der Waals surface area contributed by atoms with Crippen molar-refractivity contribution >= 4 is 27.5 Å². The van der Waals surface area contributed by atoms with Gasteiger partial charge in [-0.3, -0.25) is 4.79 Å². The number of halogens is 2. The molecule has 142 valence electrons. The topological polar surface area (TPSA) is 79.7 Å². The smallest absolute Gasteiger partial charge is 0.333 e. The monoisotopic (exact) mass is 400 g/mol. The number of hydrogen-bond acceptors (Lipinski definition) is 5. The number of rotatable bonds is 3. The number of nitrogens with zero attached hydrogens (tertiary/aromatic N) is 5. The molecular formula is C18H14F2N6OS. The number of aromatic amines is 1. The second-order valence-corrected chi connectivity index (χ2v) is 7.44. The molecule has 1 aliphatic heterocycles. The van der Waals surface area contributed by atoms with Gasteiger partial charge in [0.15, 0.2) is 0 Å². The van der Waals surface area contributed by atoms with E-state index in [2.05, 4.69) is 20.1 Å². The van der Waals surface area contributed by atoms with E-state index in [9.17, 15) is 13.6 Å². The second kappa shape index (κ2) is 6.48. The molecule has 0 unspecified atom stereocenters. The van der Waals surface area contributed by atoms with Crippen LogP contribution in [0.2, 0.25) is 0 Å². The van der Waals surface area contributed by atoms with E-state index in [0.29, 0.717) is 28.3 Å². The number of nitrogens with one attached hydrogen (secondary N) is 1. The third-order valence-corrected chi connectivity index (χ3v) is 5.89. The molecule has 1 aliphatic rings. The van der Waals surface area contributed by atoms with E-state index in [1.807, 2.05) is 24.3 Å². The first-order chi connectivity index (χ1) is 13.6. The summed E-state index contributed by atoms with van der Waals surface area (Å²) in [5.74, 6) is -0.518. The number of fused-ring (bicyclic) bond motifs is 2. The van der Waals surface area contributed by atoms with Crippen LogP contribution in [-0.2, 0) is 6.42 Å². The summed E-state index contributed by atoms with van der Waals surface area (Å²) in [6.07, 6.45) is 3.35. The minimum Gasteiger partial charge on any atom is -0.348 e. The molecule has 4 heterocycles. The molecule has 0 spiro atoms. The van der Waals surface area contributed by atoms with Crippen molar-refractivity contribution in [3.63, 3.8) is 0 Å². The van der Waals surface area contributed by atoms with E-state index in [-0.39, 0.29) is 5.69 Å².